The highest BCUT2D eigenvalue weighted by atomic mass is 32.3. The van der Waals surface area contributed by atoms with Crippen molar-refractivity contribution in [3.05, 3.63) is 35.2 Å². The van der Waals surface area contributed by atoms with Crippen LogP contribution in [0.2, 0.25) is 0 Å². The van der Waals surface area contributed by atoms with E-state index in [1.807, 2.05) is 12.1 Å². The number of rotatable bonds is 4. The summed E-state index contributed by atoms with van der Waals surface area (Å²) in [5.74, 6) is 0.308. The molecule has 3 heterocycles. The van der Waals surface area contributed by atoms with Crippen LogP contribution < -0.4 is 5.32 Å². The van der Waals surface area contributed by atoms with Crippen molar-refractivity contribution >= 4 is 22.2 Å². The van der Waals surface area contributed by atoms with Gasteiger partial charge < -0.3 is 5.32 Å². The third-order valence-electron chi connectivity index (χ3n) is 4.39. The van der Waals surface area contributed by atoms with Crippen molar-refractivity contribution in [3.8, 4) is 6.07 Å². The van der Waals surface area contributed by atoms with E-state index in [0.717, 1.165) is 29.2 Å². The second-order valence-electron chi connectivity index (χ2n) is 6.13. The topological polar surface area (TPSA) is 104 Å². The van der Waals surface area contributed by atoms with Crippen molar-refractivity contribution in [2.45, 2.75) is 6.04 Å². The lowest BCUT2D eigenvalue weighted by Gasteiger charge is -2.50. The molecule has 8 heteroatoms. The van der Waals surface area contributed by atoms with Crippen molar-refractivity contribution in [1.29, 1.82) is 5.26 Å². The number of nitrogens with zero attached hydrogens (tertiary/aromatic N) is 4. The van der Waals surface area contributed by atoms with Gasteiger partial charge in [0.1, 0.15) is 11.8 Å². The number of allylic oxidation sites excluding steroid dienone is 5. The van der Waals surface area contributed by atoms with Gasteiger partial charge in [-0.3, -0.25) is 14.1 Å². The maximum absolute atomic E-state index is 9.61. The van der Waals surface area contributed by atoms with E-state index in [1.54, 1.807) is 10.4 Å². The SMILES string of the molecule is CS(O)(O)N1CC(NC2=CC(C3=NC(C#N)=C3)=CC3CN=C23)C1. The summed E-state index contributed by atoms with van der Waals surface area (Å²) < 4.78 is 20.9. The van der Waals surface area contributed by atoms with Crippen molar-refractivity contribution < 1.29 is 9.11 Å². The van der Waals surface area contributed by atoms with Crippen LogP contribution in [0.15, 0.2) is 45.2 Å². The maximum atomic E-state index is 9.61. The first-order valence-corrected chi connectivity index (χ1v) is 9.29. The monoisotopic (exact) mass is 331 g/mol. The summed E-state index contributed by atoms with van der Waals surface area (Å²) in [6.07, 6.45) is 7.40. The van der Waals surface area contributed by atoms with Crippen LogP contribution in [-0.2, 0) is 0 Å². The third kappa shape index (κ3) is 2.52. The quantitative estimate of drug-likeness (QED) is 0.720. The molecule has 0 spiro atoms. The molecule has 3 aliphatic heterocycles. The van der Waals surface area contributed by atoms with Gasteiger partial charge in [-0.25, -0.2) is 9.30 Å². The van der Waals surface area contributed by atoms with Crippen molar-refractivity contribution in [3.63, 3.8) is 0 Å². The predicted molar refractivity (Wildman–Crippen MR) is 90.4 cm³/mol. The van der Waals surface area contributed by atoms with E-state index < -0.39 is 10.8 Å². The largest absolute Gasteiger partial charge is 0.378 e. The Hall–Kier alpha value is -1.92. The zero-order valence-corrected chi connectivity index (χ0v) is 13.4. The molecule has 4 rings (SSSR count). The van der Waals surface area contributed by atoms with E-state index in [-0.39, 0.29) is 6.04 Å². The molecule has 0 aromatic rings. The standard InChI is InChI=1S/C15H17N5O2S/c1-23(21,22)20-7-12(8-20)19-14-3-9(2-10-6-17-15(10)14)13-4-11(5-16)18-13/h2-4,10,12,19,21-22H,6-8H2,1H3. The van der Waals surface area contributed by atoms with Gasteiger partial charge in [0, 0.05) is 31.3 Å². The Labute approximate surface area is 135 Å². The Balaban J connectivity index is 1.45. The highest BCUT2D eigenvalue weighted by Crippen LogP contribution is 2.42. The normalized spacial score (nSPS) is 27.6. The predicted octanol–water partition coefficient (Wildman–Crippen LogP) is 1.31. The molecule has 4 aliphatic rings. The number of hydrogen-bond donors (Lipinski definition) is 3. The zero-order chi connectivity index (χ0) is 16.2. The fourth-order valence-electron chi connectivity index (χ4n) is 2.97. The molecule has 0 bridgehead atoms. The van der Waals surface area contributed by atoms with Crippen LogP contribution in [0.4, 0.5) is 0 Å². The molecule has 23 heavy (non-hydrogen) atoms. The van der Waals surface area contributed by atoms with E-state index in [9.17, 15) is 9.11 Å². The van der Waals surface area contributed by atoms with E-state index in [0.29, 0.717) is 24.7 Å². The second kappa shape index (κ2) is 5.04. The average molecular weight is 331 g/mol. The summed E-state index contributed by atoms with van der Waals surface area (Å²) in [5, 5.41) is 12.2. The summed E-state index contributed by atoms with van der Waals surface area (Å²) in [6.45, 7) is 1.99. The molecule has 0 radical (unpaired) electrons. The van der Waals surface area contributed by atoms with Crippen LogP contribution in [-0.4, -0.2) is 56.8 Å². The highest BCUT2D eigenvalue weighted by molar-refractivity contribution is 8.21. The minimum Gasteiger partial charge on any atom is -0.378 e. The molecule has 120 valence electrons. The summed E-state index contributed by atoms with van der Waals surface area (Å²) in [6, 6.07) is 2.21. The molecule has 0 aromatic heterocycles. The van der Waals surface area contributed by atoms with Gasteiger partial charge >= 0.3 is 0 Å². The molecule has 1 aliphatic carbocycles. The van der Waals surface area contributed by atoms with Crippen LogP contribution in [0.3, 0.4) is 0 Å². The lowest BCUT2D eigenvalue weighted by molar-refractivity contribution is 0.217. The maximum Gasteiger partial charge on any atom is 0.143 e. The van der Waals surface area contributed by atoms with Gasteiger partial charge in [0.2, 0.25) is 0 Å². The molecule has 0 saturated carbocycles. The van der Waals surface area contributed by atoms with Crippen molar-refractivity contribution in [2.75, 3.05) is 25.9 Å². The smallest absolute Gasteiger partial charge is 0.143 e. The molecule has 1 unspecified atom stereocenters. The van der Waals surface area contributed by atoms with Gasteiger partial charge in [0.25, 0.3) is 0 Å². The van der Waals surface area contributed by atoms with Crippen LogP contribution in [0.1, 0.15) is 0 Å². The van der Waals surface area contributed by atoms with Crippen LogP contribution in [0.5, 0.6) is 0 Å². The molecule has 3 N–H and O–H groups in total. The summed E-state index contributed by atoms with van der Waals surface area (Å²) >= 11 is 0. The molecule has 7 nitrogen and oxygen atoms in total. The molecule has 1 saturated heterocycles. The van der Waals surface area contributed by atoms with Gasteiger partial charge in [-0.2, -0.15) is 5.26 Å². The van der Waals surface area contributed by atoms with Gasteiger partial charge in [0.15, 0.2) is 0 Å². The molecular formula is C15H17N5O2S. The molecule has 1 fully saturated rings. The average Bonchev–Trinajstić information content (AvgIpc) is 2.33. The molecule has 0 aromatic carbocycles. The van der Waals surface area contributed by atoms with E-state index in [4.69, 9.17) is 5.26 Å². The van der Waals surface area contributed by atoms with Crippen molar-refractivity contribution in [2.24, 2.45) is 15.9 Å². The fourth-order valence-corrected chi connectivity index (χ4v) is 3.89. The first kappa shape index (κ1) is 14.7. The van der Waals surface area contributed by atoms with Crippen LogP contribution in [0, 0.1) is 17.2 Å². The summed E-state index contributed by atoms with van der Waals surface area (Å²) in [5.41, 5.74) is 4.35. The summed E-state index contributed by atoms with van der Waals surface area (Å²) in [4.78, 5) is 8.65. The zero-order valence-electron chi connectivity index (χ0n) is 12.6. The molecular weight excluding hydrogens is 314 g/mol. The van der Waals surface area contributed by atoms with Gasteiger partial charge in [0.05, 0.1) is 29.7 Å². The highest BCUT2D eigenvalue weighted by Gasteiger charge is 2.37. The first-order chi connectivity index (χ1) is 10.9. The molecule has 0 amide bonds. The lowest BCUT2D eigenvalue weighted by Crippen LogP contribution is -2.58. The minimum absolute atomic E-state index is 0.184. The van der Waals surface area contributed by atoms with E-state index in [2.05, 4.69) is 21.4 Å². The number of fused-ring (bicyclic) bond motifs is 1. The Bertz CT molecular complexity index is 760. The van der Waals surface area contributed by atoms with Gasteiger partial charge in [-0.15, -0.1) is 10.8 Å². The number of nitriles is 1. The van der Waals surface area contributed by atoms with E-state index >= 15 is 0 Å². The Morgan fingerprint density at radius 3 is 2.70 bits per heavy atom. The second-order valence-corrected chi connectivity index (χ2v) is 8.23. The number of nitrogens with one attached hydrogen (secondary N) is 1. The number of aliphatic imine (C=N–C) groups is 2. The van der Waals surface area contributed by atoms with Crippen LogP contribution in [0.25, 0.3) is 0 Å². The fraction of sp³-hybridized carbons (Fsp3) is 0.400. The molecule has 1 atom stereocenters. The Morgan fingerprint density at radius 1 is 1.39 bits per heavy atom. The van der Waals surface area contributed by atoms with Gasteiger partial charge in [-0.05, 0) is 11.6 Å². The first-order valence-electron chi connectivity index (χ1n) is 7.38. The summed E-state index contributed by atoms with van der Waals surface area (Å²) in [7, 11) is -2.60. The number of hydrogen-bond acceptors (Lipinski definition) is 7. The Morgan fingerprint density at radius 2 is 2.13 bits per heavy atom. The van der Waals surface area contributed by atoms with Crippen LogP contribution >= 0.6 is 10.8 Å². The minimum atomic E-state index is -2.60. The van der Waals surface area contributed by atoms with Gasteiger partial charge in [-0.1, -0.05) is 6.08 Å². The van der Waals surface area contributed by atoms with Crippen molar-refractivity contribution in [1.82, 2.24) is 9.62 Å². The van der Waals surface area contributed by atoms with E-state index in [1.165, 1.54) is 6.26 Å². The lowest BCUT2D eigenvalue weighted by atomic mass is 9.84. The Kier molecular flexibility index (Phi) is 3.21. The third-order valence-corrected chi connectivity index (χ3v) is 5.66.